The van der Waals surface area contributed by atoms with Crippen LogP contribution in [0.4, 0.5) is 0 Å². The second kappa shape index (κ2) is 9.60. The van der Waals surface area contributed by atoms with Gasteiger partial charge < -0.3 is 14.5 Å². The molecule has 0 unspecified atom stereocenters. The third-order valence-corrected chi connectivity index (χ3v) is 3.01. The summed E-state index contributed by atoms with van der Waals surface area (Å²) in [4.78, 5) is 49.8. The van der Waals surface area contributed by atoms with Gasteiger partial charge in [-0.15, -0.1) is 0 Å². The second-order valence-corrected chi connectivity index (χ2v) is 4.70. The second-order valence-electron chi connectivity index (χ2n) is 4.13. The van der Waals surface area contributed by atoms with E-state index >= 15 is 0 Å². The fourth-order valence-corrected chi connectivity index (χ4v) is 1.73. The predicted octanol–water partition coefficient (Wildman–Crippen LogP) is 0.713. The summed E-state index contributed by atoms with van der Waals surface area (Å²) in [5, 5.41) is 0.0336. The minimum atomic E-state index is -0.769. The molecule has 0 aliphatic rings. The van der Waals surface area contributed by atoms with Crippen LogP contribution < -0.4 is 5.69 Å². The van der Waals surface area contributed by atoms with E-state index in [1.54, 1.807) is 19.9 Å². The number of imidazole rings is 1. The van der Waals surface area contributed by atoms with Crippen LogP contribution in [0.2, 0.25) is 0 Å². The zero-order valence-electron chi connectivity index (χ0n) is 13.1. The predicted molar refractivity (Wildman–Crippen MR) is 87.2 cm³/mol. The van der Waals surface area contributed by atoms with Gasteiger partial charge in [0.2, 0.25) is 5.78 Å². The van der Waals surface area contributed by atoms with Crippen molar-refractivity contribution in [3.63, 3.8) is 0 Å². The molecular formula is C14H16BrN3O6. The summed E-state index contributed by atoms with van der Waals surface area (Å²) in [5.41, 5.74) is 0.214. The van der Waals surface area contributed by atoms with Crippen LogP contribution in [0.3, 0.4) is 0 Å². The number of hydrogen-bond acceptors (Lipinski definition) is 7. The highest BCUT2D eigenvalue weighted by Crippen LogP contribution is 2.02. The van der Waals surface area contributed by atoms with E-state index in [0.29, 0.717) is 5.65 Å². The van der Waals surface area contributed by atoms with Gasteiger partial charge in [0.25, 0.3) is 0 Å². The average Bonchev–Trinajstić information content (AvgIpc) is 3.01. The van der Waals surface area contributed by atoms with Gasteiger partial charge in [-0.25, -0.2) is 19.4 Å². The van der Waals surface area contributed by atoms with Gasteiger partial charge >= 0.3 is 17.6 Å². The molecule has 10 heteroatoms. The molecule has 24 heavy (non-hydrogen) atoms. The monoisotopic (exact) mass is 401 g/mol. The zero-order chi connectivity index (χ0) is 18.1. The summed E-state index contributed by atoms with van der Waals surface area (Å²) in [6.07, 6.45) is 2.83. The number of ketones is 1. The number of esters is 2. The number of alkyl halides is 1. The first-order valence-corrected chi connectivity index (χ1v) is 8.06. The molecule has 0 atom stereocenters. The Morgan fingerprint density at radius 3 is 2.46 bits per heavy atom. The fourth-order valence-electron chi connectivity index (χ4n) is 1.50. The van der Waals surface area contributed by atoms with Crippen molar-refractivity contribution in [2.24, 2.45) is 0 Å². The number of hydrogen-bond donors (Lipinski definition) is 1. The zero-order valence-corrected chi connectivity index (χ0v) is 14.7. The maximum Gasteiger partial charge on any atom is 0.375 e. The lowest BCUT2D eigenvalue weighted by Crippen LogP contribution is -2.17. The largest absolute Gasteiger partial charge is 0.461 e. The third-order valence-electron chi connectivity index (χ3n) is 2.50. The number of nitrogens with one attached hydrogen (secondary N) is 1. The number of carbonyl (C=O) groups is 3. The Morgan fingerprint density at radius 1 is 1.25 bits per heavy atom. The lowest BCUT2D eigenvalue weighted by Gasteiger charge is -1.95. The molecule has 1 N–H and O–H groups in total. The van der Waals surface area contributed by atoms with Crippen LogP contribution in [0, 0.1) is 0 Å². The van der Waals surface area contributed by atoms with E-state index in [2.05, 4.69) is 30.6 Å². The van der Waals surface area contributed by atoms with Crippen LogP contribution in [0.25, 0.3) is 5.65 Å². The molecule has 9 nitrogen and oxygen atoms in total. The molecule has 0 saturated carbocycles. The SMILES string of the molecule is CCOC(=O)C(=O)CBr.CCOC(=O)c1cn2c(=O)[nH]ccc2n1. The van der Waals surface area contributed by atoms with E-state index in [0.717, 1.165) is 0 Å². The molecule has 2 rings (SSSR count). The molecule has 130 valence electrons. The highest BCUT2D eigenvalue weighted by atomic mass is 79.9. The summed E-state index contributed by atoms with van der Waals surface area (Å²) < 4.78 is 10.4. The van der Waals surface area contributed by atoms with Crippen LogP contribution in [0.1, 0.15) is 24.3 Å². The number of rotatable bonds is 5. The quantitative estimate of drug-likeness (QED) is 0.444. The molecule has 0 aliphatic heterocycles. The highest BCUT2D eigenvalue weighted by Gasteiger charge is 2.12. The Balaban J connectivity index is 0.000000277. The standard InChI is InChI=1S/C9H9N3O3.C5H7BrO3/c1-2-15-8(13)6-5-12-7(11-6)3-4-10-9(12)14;1-2-9-5(8)4(7)3-6/h3-5H,2H2,1H3,(H,10,14);2-3H2,1H3. The third kappa shape index (κ3) is 5.30. The number of carbonyl (C=O) groups excluding carboxylic acids is 3. The van der Waals surface area contributed by atoms with Crippen molar-refractivity contribution >= 4 is 39.3 Å². The number of Topliss-reactive ketones (excluding diaryl/α,β-unsaturated/α-hetero) is 1. The Morgan fingerprint density at radius 2 is 1.92 bits per heavy atom. The minimum absolute atomic E-state index is 0.0336. The van der Waals surface area contributed by atoms with Gasteiger partial charge in [-0.2, -0.15) is 0 Å². The Labute approximate surface area is 145 Å². The van der Waals surface area contributed by atoms with Crippen LogP contribution in [0.15, 0.2) is 23.3 Å². The highest BCUT2D eigenvalue weighted by molar-refractivity contribution is 9.09. The number of halogens is 1. The van der Waals surface area contributed by atoms with Crippen LogP contribution in [0.5, 0.6) is 0 Å². The lowest BCUT2D eigenvalue weighted by molar-refractivity contribution is -0.152. The topological polar surface area (TPSA) is 120 Å². The Kier molecular flexibility index (Phi) is 7.83. The van der Waals surface area contributed by atoms with Crippen molar-refractivity contribution in [3.05, 3.63) is 34.6 Å². The van der Waals surface area contributed by atoms with Gasteiger partial charge in [0.15, 0.2) is 5.69 Å². The number of aromatic amines is 1. The molecular weight excluding hydrogens is 386 g/mol. The molecule has 0 amide bonds. The van der Waals surface area contributed by atoms with Gasteiger partial charge in [-0.3, -0.25) is 9.20 Å². The molecule has 0 fully saturated rings. The van der Waals surface area contributed by atoms with Gasteiger partial charge in [-0.1, -0.05) is 15.9 Å². The normalized spacial score (nSPS) is 9.79. The van der Waals surface area contributed by atoms with Crippen LogP contribution in [-0.4, -0.2) is 50.6 Å². The lowest BCUT2D eigenvalue weighted by atomic mass is 10.5. The average molecular weight is 402 g/mol. The van der Waals surface area contributed by atoms with Crippen molar-refractivity contribution in [1.29, 1.82) is 0 Å². The number of fused-ring (bicyclic) bond motifs is 1. The number of aromatic nitrogens is 3. The van der Waals surface area contributed by atoms with Gasteiger partial charge in [-0.05, 0) is 19.9 Å². The van der Waals surface area contributed by atoms with E-state index in [9.17, 15) is 19.2 Å². The van der Waals surface area contributed by atoms with Gasteiger partial charge in [0.05, 0.1) is 18.5 Å². The maximum atomic E-state index is 11.3. The summed E-state index contributed by atoms with van der Waals surface area (Å²) in [6, 6.07) is 1.60. The van der Waals surface area contributed by atoms with E-state index in [-0.39, 0.29) is 29.9 Å². The van der Waals surface area contributed by atoms with Crippen molar-refractivity contribution < 1.29 is 23.9 Å². The van der Waals surface area contributed by atoms with Gasteiger partial charge in [0, 0.05) is 12.4 Å². The summed E-state index contributed by atoms with van der Waals surface area (Å²) in [7, 11) is 0. The first-order valence-electron chi connectivity index (χ1n) is 6.94. The fraction of sp³-hybridized carbons (Fsp3) is 0.357. The summed E-state index contributed by atoms with van der Waals surface area (Å²) in [6.45, 7) is 3.89. The van der Waals surface area contributed by atoms with Crippen molar-refractivity contribution in [2.45, 2.75) is 13.8 Å². The summed E-state index contributed by atoms with van der Waals surface area (Å²) in [5.74, 6) is -1.84. The molecule has 0 bridgehead atoms. The molecule has 2 heterocycles. The first-order chi connectivity index (χ1) is 11.4. The van der Waals surface area contributed by atoms with E-state index < -0.39 is 17.7 Å². The number of H-pyrrole nitrogens is 1. The molecule has 0 spiro atoms. The molecule has 2 aromatic heterocycles. The molecule has 0 radical (unpaired) electrons. The molecule has 0 aromatic carbocycles. The minimum Gasteiger partial charge on any atom is -0.461 e. The van der Waals surface area contributed by atoms with E-state index in [1.807, 2.05) is 0 Å². The molecule has 0 aliphatic carbocycles. The summed E-state index contributed by atoms with van der Waals surface area (Å²) >= 11 is 2.83. The molecule has 0 saturated heterocycles. The number of nitrogens with zero attached hydrogens (tertiary/aromatic N) is 2. The van der Waals surface area contributed by atoms with Crippen molar-refractivity contribution in [3.8, 4) is 0 Å². The van der Waals surface area contributed by atoms with Crippen molar-refractivity contribution in [1.82, 2.24) is 14.4 Å². The van der Waals surface area contributed by atoms with Gasteiger partial charge in [0.1, 0.15) is 5.65 Å². The maximum absolute atomic E-state index is 11.3. The Hall–Kier alpha value is -2.49. The van der Waals surface area contributed by atoms with E-state index in [4.69, 9.17) is 4.74 Å². The molecule has 2 aromatic rings. The number of ether oxygens (including phenoxy) is 2. The van der Waals surface area contributed by atoms with Crippen LogP contribution >= 0.6 is 15.9 Å². The van der Waals surface area contributed by atoms with Crippen LogP contribution in [-0.2, 0) is 19.1 Å². The first kappa shape index (κ1) is 19.6. The van der Waals surface area contributed by atoms with E-state index in [1.165, 1.54) is 16.8 Å². The Bertz CT molecular complexity index is 782. The smallest absolute Gasteiger partial charge is 0.375 e. The van der Waals surface area contributed by atoms with Crippen molar-refractivity contribution in [2.75, 3.05) is 18.5 Å².